The van der Waals surface area contributed by atoms with Gasteiger partial charge in [-0.2, -0.15) is 0 Å². The molecule has 124 valence electrons. The highest BCUT2D eigenvalue weighted by Crippen LogP contribution is 2.20. The van der Waals surface area contributed by atoms with E-state index in [-0.39, 0.29) is 10.9 Å². The minimum Gasteiger partial charge on any atom is -0.324 e. The van der Waals surface area contributed by atoms with Gasteiger partial charge in [0.2, 0.25) is 10.0 Å². The molecule has 0 spiro atoms. The van der Waals surface area contributed by atoms with E-state index in [9.17, 15) is 8.42 Å². The average molecular weight is 361 g/mol. The third-order valence-electron chi connectivity index (χ3n) is 3.73. The van der Waals surface area contributed by atoms with E-state index in [1.165, 1.54) is 12.1 Å². The number of hydrogen-bond acceptors (Lipinski definition) is 2. The summed E-state index contributed by atoms with van der Waals surface area (Å²) in [6.07, 6.45) is 3.89. The van der Waals surface area contributed by atoms with Crippen LogP contribution in [0.15, 0.2) is 78.0 Å². The number of sulfonamides is 1. The van der Waals surface area contributed by atoms with Crippen molar-refractivity contribution < 1.29 is 8.42 Å². The lowest BCUT2D eigenvalue weighted by Gasteiger charge is -2.16. The third-order valence-corrected chi connectivity index (χ3v) is 5.54. The largest absolute Gasteiger partial charge is 0.324 e. The quantitative estimate of drug-likeness (QED) is 0.742. The molecule has 1 N–H and O–H groups in total. The molecule has 1 unspecified atom stereocenters. The maximum atomic E-state index is 12.5. The van der Waals surface area contributed by atoms with Crippen LogP contribution in [0.5, 0.6) is 0 Å². The number of nitrogens with zero attached hydrogens (tertiary/aromatic N) is 1. The molecule has 1 aromatic heterocycles. The first-order chi connectivity index (χ1) is 11.5. The Hall–Kier alpha value is -2.08. The van der Waals surface area contributed by atoms with Crippen LogP contribution in [0.1, 0.15) is 18.5 Å². The van der Waals surface area contributed by atoms with Crippen molar-refractivity contribution in [2.24, 2.45) is 0 Å². The second-order valence-corrected chi connectivity index (χ2v) is 7.63. The van der Waals surface area contributed by atoms with E-state index < -0.39 is 10.0 Å². The highest BCUT2D eigenvalue weighted by atomic mass is 35.5. The molecular weight excluding hydrogens is 344 g/mol. The van der Waals surface area contributed by atoms with Gasteiger partial charge in [0, 0.05) is 29.1 Å². The second kappa shape index (κ2) is 6.81. The minimum absolute atomic E-state index is 0.195. The van der Waals surface area contributed by atoms with Crippen LogP contribution in [0.4, 0.5) is 0 Å². The zero-order valence-corrected chi connectivity index (χ0v) is 14.6. The maximum Gasteiger partial charge on any atom is 0.241 e. The molecule has 3 rings (SSSR count). The number of hydrogen-bond donors (Lipinski definition) is 1. The van der Waals surface area contributed by atoms with Crippen LogP contribution < -0.4 is 4.72 Å². The number of benzene rings is 2. The summed E-state index contributed by atoms with van der Waals surface area (Å²) in [7, 11) is -3.61. The molecule has 0 saturated heterocycles. The van der Waals surface area contributed by atoms with Crippen molar-refractivity contribution in [2.75, 3.05) is 0 Å². The molecule has 24 heavy (non-hydrogen) atoms. The summed E-state index contributed by atoms with van der Waals surface area (Å²) in [6, 6.07) is 17.4. The molecule has 0 radical (unpaired) electrons. The Morgan fingerprint density at radius 3 is 2.33 bits per heavy atom. The summed E-state index contributed by atoms with van der Waals surface area (Å²) in [5.74, 6) is 0. The van der Waals surface area contributed by atoms with Crippen LogP contribution in [0.25, 0.3) is 5.69 Å². The van der Waals surface area contributed by atoms with Gasteiger partial charge in [0.05, 0.1) is 4.90 Å². The molecule has 1 heterocycles. The van der Waals surface area contributed by atoms with Crippen molar-refractivity contribution in [3.63, 3.8) is 0 Å². The predicted molar refractivity (Wildman–Crippen MR) is 96.0 cm³/mol. The van der Waals surface area contributed by atoms with Crippen molar-refractivity contribution in [2.45, 2.75) is 17.9 Å². The molecule has 4 nitrogen and oxygen atoms in total. The molecule has 0 aliphatic rings. The summed E-state index contributed by atoms with van der Waals surface area (Å²) in [6.45, 7) is 1.82. The average Bonchev–Trinajstić information content (AvgIpc) is 3.09. The molecule has 0 aliphatic heterocycles. The predicted octanol–water partition coefficient (Wildman–Crippen LogP) is 4.17. The number of halogens is 1. The lowest BCUT2D eigenvalue weighted by molar-refractivity contribution is 0.567. The van der Waals surface area contributed by atoms with E-state index in [4.69, 9.17) is 11.6 Å². The molecule has 0 saturated carbocycles. The van der Waals surface area contributed by atoms with E-state index in [0.717, 1.165) is 11.3 Å². The van der Waals surface area contributed by atoms with Crippen molar-refractivity contribution in [3.8, 4) is 5.69 Å². The smallest absolute Gasteiger partial charge is 0.241 e. The Labute approximate surface area is 146 Å². The zero-order valence-electron chi connectivity index (χ0n) is 13.1. The number of rotatable bonds is 5. The van der Waals surface area contributed by atoms with Gasteiger partial charge in [-0.05, 0) is 61.0 Å². The van der Waals surface area contributed by atoms with Crippen LogP contribution in [-0.4, -0.2) is 13.0 Å². The van der Waals surface area contributed by atoms with Gasteiger partial charge in [0.15, 0.2) is 0 Å². The van der Waals surface area contributed by atoms with E-state index in [0.29, 0.717) is 5.02 Å². The van der Waals surface area contributed by atoms with Crippen molar-refractivity contribution >= 4 is 21.6 Å². The van der Waals surface area contributed by atoms with Crippen LogP contribution in [0, 0.1) is 0 Å². The Balaban J connectivity index is 1.83. The summed E-state index contributed by atoms with van der Waals surface area (Å²) in [5.41, 5.74) is 1.87. The van der Waals surface area contributed by atoms with Crippen molar-refractivity contribution in [3.05, 3.63) is 83.6 Å². The first-order valence-corrected chi connectivity index (χ1v) is 9.33. The van der Waals surface area contributed by atoms with Gasteiger partial charge in [-0.3, -0.25) is 0 Å². The standard InChI is InChI=1S/C18H17ClN2O2S/c1-14(20-24(22,23)18-9-7-16(19)8-10-18)15-5-4-6-17(13-15)21-11-2-3-12-21/h2-14,20H,1H3. The fourth-order valence-corrected chi connectivity index (χ4v) is 3.80. The second-order valence-electron chi connectivity index (χ2n) is 5.48. The number of aromatic nitrogens is 1. The van der Waals surface area contributed by atoms with Gasteiger partial charge >= 0.3 is 0 Å². The lowest BCUT2D eigenvalue weighted by Crippen LogP contribution is -2.26. The first-order valence-electron chi connectivity index (χ1n) is 7.47. The lowest BCUT2D eigenvalue weighted by atomic mass is 10.1. The molecular formula is C18H17ClN2O2S. The minimum atomic E-state index is -3.61. The van der Waals surface area contributed by atoms with E-state index in [1.807, 2.05) is 60.3 Å². The molecule has 0 aliphatic carbocycles. The van der Waals surface area contributed by atoms with Gasteiger partial charge in [0.1, 0.15) is 0 Å². The normalized spacial score (nSPS) is 12.9. The molecule has 0 amide bonds. The fourth-order valence-electron chi connectivity index (χ4n) is 2.44. The molecule has 0 fully saturated rings. The van der Waals surface area contributed by atoms with Gasteiger partial charge in [-0.25, -0.2) is 13.1 Å². The van der Waals surface area contributed by atoms with Gasteiger partial charge in [-0.15, -0.1) is 0 Å². The molecule has 6 heteroatoms. The molecule has 2 aromatic carbocycles. The summed E-state index contributed by atoms with van der Waals surface area (Å²) >= 11 is 5.81. The summed E-state index contributed by atoms with van der Waals surface area (Å²) in [5, 5.41) is 0.501. The molecule has 3 aromatic rings. The van der Waals surface area contributed by atoms with Crippen LogP contribution in [0.3, 0.4) is 0 Å². The Morgan fingerprint density at radius 2 is 1.67 bits per heavy atom. The van der Waals surface area contributed by atoms with Crippen LogP contribution in [0.2, 0.25) is 5.02 Å². The fraction of sp³-hybridized carbons (Fsp3) is 0.111. The highest BCUT2D eigenvalue weighted by Gasteiger charge is 2.18. The Bertz CT molecular complexity index is 920. The number of nitrogens with one attached hydrogen (secondary N) is 1. The van der Waals surface area contributed by atoms with E-state index in [1.54, 1.807) is 12.1 Å². The highest BCUT2D eigenvalue weighted by molar-refractivity contribution is 7.89. The van der Waals surface area contributed by atoms with Crippen molar-refractivity contribution in [1.82, 2.24) is 9.29 Å². The molecule has 0 bridgehead atoms. The van der Waals surface area contributed by atoms with Crippen LogP contribution >= 0.6 is 11.6 Å². The van der Waals surface area contributed by atoms with Gasteiger partial charge in [0.25, 0.3) is 0 Å². The van der Waals surface area contributed by atoms with Crippen molar-refractivity contribution in [1.29, 1.82) is 0 Å². The Kier molecular flexibility index (Phi) is 4.76. The topological polar surface area (TPSA) is 51.1 Å². The summed E-state index contributed by atoms with van der Waals surface area (Å²) < 4.78 is 29.6. The zero-order chi connectivity index (χ0) is 17.2. The van der Waals surface area contributed by atoms with Gasteiger partial charge < -0.3 is 4.57 Å². The maximum absolute atomic E-state index is 12.5. The monoisotopic (exact) mass is 360 g/mol. The Morgan fingerprint density at radius 1 is 1.00 bits per heavy atom. The van der Waals surface area contributed by atoms with E-state index >= 15 is 0 Å². The summed E-state index contributed by atoms with van der Waals surface area (Å²) in [4.78, 5) is 0.195. The SMILES string of the molecule is CC(NS(=O)(=O)c1ccc(Cl)cc1)c1cccc(-n2cccc2)c1. The van der Waals surface area contributed by atoms with E-state index in [2.05, 4.69) is 4.72 Å². The van der Waals surface area contributed by atoms with Gasteiger partial charge in [-0.1, -0.05) is 23.7 Å². The van der Waals surface area contributed by atoms with Crippen LogP contribution in [-0.2, 0) is 10.0 Å². The molecule has 1 atom stereocenters. The third kappa shape index (κ3) is 3.70. The first kappa shape index (κ1) is 16.8.